The van der Waals surface area contributed by atoms with Crippen LogP contribution in [-0.4, -0.2) is 23.7 Å². The number of carbonyl (C=O) groups excluding carboxylic acids is 1. The number of hydrogen-bond acceptors (Lipinski definition) is 2. The first-order chi connectivity index (χ1) is 8.49. The highest BCUT2D eigenvalue weighted by molar-refractivity contribution is 14.1. The zero-order valence-corrected chi connectivity index (χ0v) is 16.3. The van der Waals surface area contributed by atoms with Gasteiger partial charge in [-0.25, -0.2) is 0 Å². The van der Waals surface area contributed by atoms with Gasteiger partial charge in [0.05, 0.1) is 5.56 Å². The highest BCUT2D eigenvalue weighted by Gasteiger charge is 2.16. The number of amides is 1. The van der Waals surface area contributed by atoms with Gasteiger partial charge in [0.25, 0.3) is 5.91 Å². The Morgan fingerprint density at radius 1 is 1.39 bits per heavy atom. The Kier molecular flexibility index (Phi) is 7.70. The van der Waals surface area contributed by atoms with Gasteiger partial charge in [-0.2, -0.15) is 0 Å². The average Bonchev–Trinajstić information content (AvgIpc) is 2.32. The molecule has 1 aromatic carbocycles. The Bertz CT molecular complexity index is 438. The molecular formula is C12H14I3NO2. The van der Waals surface area contributed by atoms with Gasteiger partial charge in [0, 0.05) is 23.4 Å². The van der Waals surface area contributed by atoms with Crippen molar-refractivity contribution >= 4 is 73.7 Å². The lowest BCUT2D eigenvalue weighted by molar-refractivity contribution is 0.0928. The molecule has 1 aromatic rings. The van der Waals surface area contributed by atoms with Crippen molar-refractivity contribution in [3.63, 3.8) is 0 Å². The molecule has 0 aliphatic rings. The molecule has 100 valence electrons. The number of halogens is 3. The van der Waals surface area contributed by atoms with Crippen LogP contribution in [-0.2, 0) is 0 Å². The summed E-state index contributed by atoms with van der Waals surface area (Å²) in [5.41, 5.74) is 0.711. The largest absolute Gasteiger partial charge is 0.396 e. The van der Waals surface area contributed by atoms with Crippen LogP contribution in [0, 0.1) is 10.7 Å². The second-order valence-corrected chi connectivity index (χ2v) is 7.33. The smallest absolute Gasteiger partial charge is 0.252 e. The monoisotopic (exact) mass is 585 g/mol. The second-order valence-electron chi connectivity index (χ2n) is 3.84. The summed E-state index contributed by atoms with van der Waals surface area (Å²) in [6.07, 6.45) is 1.42. The fourth-order valence-corrected chi connectivity index (χ4v) is 3.92. The van der Waals surface area contributed by atoms with Gasteiger partial charge < -0.3 is 10.4 Å². The number of benzene rings is 1. The van der Waals surface area contributed by atoms with Gasteiger partial charge in [0.15, 0.2) is 0 Å². The lowest BCUT2D eigenvalue weighted by Crippen LogP contribution is -2.35. The number of aliphatic hydroxyl groups is 1. The Morgan fingerprint density at radius 3 is 2.61 bits per heavy atom. The fourth-order valence-electron chi connectivity index (χ4n) is 1.52. The van der Waals surface area contributed by atoms with Crippen LogP contribution in [0.5, 0.6) is 0 Å². The van der Waals surface area contributed by atoms with Crippen molar-refractivity contribution in [2.75, 3.05) is 6.61 Å². The normalized spacial score (nSPS) is 12.3. The van der Waals surface area contributed by atoms with Crippen LogP contribution in [0.1, 0.15) is 30.1 Å². The maximum absolute atomic E-state index is 12.2. The van der Waals surface area contributed by atoms with Crippen molar-refractivity contribution in [2.24, 2.45) is 0 Å². The number of nitrogens with one attached hydrogen (secondary N) is 1. The Labute approximate surface area is 148 Å². The van der Waals surface area contributed by atoms with Gasteiger partial charge >= 0.3 is 0 Å². The molecule has 2 N–H and O–H groups in total. The third-order valence-corrected chi connectivity index (χ3v) is 6.21. The van der Waals surface area contributed by atoms with E-state index in [9.17, 15) is 4.79 Å². The van der Waals surface area contributed by atoms with E-state index in [1.54, 1.807) is 0 Å². The third kappa shape index (κ3) is 4.75. The predicted octanol–water partition coefficient (Wildman–Crippen LogP) is 3.39. The zero-order valence-electron chi connectivity index (χ0n) is 9.84. The summed E-state index contributed by atoms with van der Waals surface area (Å²) in [6, 6.07) is 3.98. The molecule has 1 amide bonds. The van der Waals surface area contributed by atoms with E-state index >= 15 is 0 Å². The molecule has 0 bridgehead atoms. The minimum atomic E-state index is -0.0591. The molecule has 0 aromatic heterocycles. The molecule has 0 aliphatic heterocycles. The Morgan fingerprint density at radius 2 is 2.06 bits per heavy atom. The van der Waals surface area contributed by atoms with Crippen molar-refractivity contribution in [3.05, 3.63) is 28.4 Å². The topological polar surface area (TPSA) is 49.3 Å². The van der Waals surface area contributed by atoms with E-state index in [-0.39, 0.29) is 18.6 Å². The van der Waals surface area contributed by atoms with Crippen molar-refractivity contribution in [1.82, 2.24) is 5.32 Å². The first-order valence-corrected chi connectivity index (χ1v) is 8.79. The van der Waals surface area contributed by atoms with Crippen molar-refractivity contribution in [2.45, 2.75) is 25.8 Å². The molecule has 0 spiro atoms. The van der Waals surface area contributed by atoms with Crippen LogP contribution in [0.4, 0.5) is 0 Å². The van der Waals surface area contributed by atoms with Gasteiger partial charge in [-0.05, 0) is 92.7 Å². The van der Waals surface area contributed by atoms with Gasteiger partial charge in [-0.1, -0.05) is 6.92 Å². The van der Waals surface area contributed by atoms with E-state index in [0.717, 1.165) is 17.1 Å². The van der Waals surface area contributed by atoms with Gasteiger partial charge in [-0.15, -0.1) is 0 Å². The molecule has 0 saturated carbocycles. The zero-order chi connectivity index (χ0) is 13.7. The van der Waals surface area contributed by atoms with Gasteiger partial charge in [0.2, 0.25) is 0 Å². The molecular weight excluding hydrogens is 571 g/mol. The number of aliphatic hydroxyl groups excluding tert-OH is 1. The number of carbonyl (C=O) groups is 1. The summed E-state index contributed by atoms with van der Waals surface area (Å²) in [4.78, 5) is 12.2. The molecule has 6 heteroatoms. The van der Waals surface area contributed by atoms with Crippen LogP contribution < -0.4 is 5.32 Å². The van der Waals surface area contributed by atoms with Crippen molar-refractivity contribution in [1.29, 1.82) is 0 Å². The molecule has 1 unspecified atom stereocenters. The first kappa shape index (κ1) is 16.9. The first-order valence-electron chi connectivity index (χ1n) is 5.55. The van der Waals surface area contributed by atoms with E-state index in [1.807, 2.05) is 19.1 Å². The van der Waals surface area contributed by atoms with Crippen molar-refractivity contribution in [3.8, 4) is 0 Å². The molecule has 18 heavy (non-hydrogen) atoms. The fraction of sp³-hybridized carbons (Fsp3) is 0.417. The lowest BCUT2D eigenvalue weighted by Gasteiger charge is -2.16. The van der Waals surface area contributed by atoms with E-state index < -0.39 is 0 Å². The van der Waals surface area contributed by atoms with Crippen LogP contribution in [0.15, 0.2) is 12.1 Å². The summed E-state index contributed by atoms with van der Waals surface area (Å²) in [5, 5.41) is 11.9. The van der Waals surface area contributed by atoms with Crippen LogP contribution in [0.2, 0.25) is 0 Å². The van der Waals surface area contributed by atoms with E-state index in [1.165, 1.54) is 0 Å². The maximum Gasteiger partial charge on any atom is 0.252 e. The van der Waals surface area contributed by atoms with Crippen LogP contribution >= 0.6 is 67.8 Å². The summed E-state index contributed by atoms with van der Waals surface area (Å²) < 4.78 is 3.11. The molecule has 0 aliphatic carbocycles. The predicted molar refractivity (Wildman–Crippen MR) is 97.8 cm³/mol. The van der Waals surface area contributed by atoms with Crippen molar-refractivity contribution < 1.29 is 9.90 Å². The Hall–Kier alpha value is 0.840. The quantitative estimate of drug-likeness (QED) is 0.412. The molecule has 3 nitrogen and oxygen atoms in total. The summed E-state index contributed by atoms with van der Waals surface area (Å²) in [6.45, 7) is 2.10. The van der Waals surface area contributed by atoms with E-state index in [0.29, 0.717) is 12.0 Å². The minimum Gasteiger partial charge on any atom is -0.396 e. The molecule has 0 heterocycles. The molecule has 1 rings (SSSR count). The molecule has 0 saturated heterocycles. The lowest BCUT2D eigenvalue weighted by atomic mass is 10.1. The highest BCUT2D eigenvalue weighted by Crippen LogP contribution is 2.23. The molecule has 0 radical (unpaired) electrons. The minimum absolute atomic E-state index is 0.0360. The summed E-state index contributed by atoms with van der Waals surface area (Å²) in [5.74, 6) is -0.0591. The molecule has 1 atom stereocenters. The molecule has 0 fully saturated rings. The number of hydrogen-bond donors (Lipinski definition) is 2. The SMILES string of the molecule is CCC(CCO)NC(=O)c1cc(I)cc(I)c1I. The Balaban J connectivity index is 2.90. The second kappa shape index (κ2) is 8.20. The third-order valence-electron chi connectivity index (χ3n) is 2.54. The van der Waals surface area contributed by atoms with E-state index in [4.69, 9.17) is 5.11 Å². The standard InChI is InChI=1S/C12H14I3NO2/c1-2-8(3-4-17)16-12(18)9-5-7(13)6-10(14)11(9)15/h5-6,8,17H,2-4H2,1H3,(H,16,18). The van der Waals surface area contributed by atoms with Gasteiger partial charge in [-0.3, -0.25) is 4.79 Å². The highest BCUT2D eigenvalue weighted by atomic mass is 127. The summed E-state index contributed by atoms with van der Waals surface area (Å²) in [7, 11) is 0. The summed E-state index contributed by atoms with van der Waals surface area (Å²) >= 11 is 6.64. The number of rotatable bonds is 5. The van der Waals surface area contributed by atoms with E-state index in [2.05, 4.69) is 73.1 Å². The average molecular weight is 585 g/mol. The maximum atomic E-state index is 12.2. The van der Waals surface area contributed by atoms with Gasteiger partial charge in [0.1, 0.15) is 0 Å². The van der Waals surface area contributed by atoms with Crippen LogP contribution in [0.25, 0.3) is 0 Å². The van der Waals surface area contributed by atoms with Crippen LogP contribution in [0.3, 0.4) is 0 Å².